The van der Waals surface area contributed by atoms with E-state index in [-0.39, 0.29) is 11.7 Å². The first kappa shape index (κ1) is 24.5. The first-order valence-corrected chi connectivity index (χ1v) is 12.4. The fourth-order valence-electron chi connectivity index (χ4n) is 4.99. The lowest BCUT2D eigenvalue weighted by Crippen LogP contribution is -2.48. The molecule has 6 nitrogen and oxygen atoms in total. The molecule has 2 aromatic rings. The summed E-state index contributed by atoms with van der Waals surface area (Å²) in [5.41, 5.74) is 2.79. The minimum Gasteiger partial charge on any atom is -0.369 e. The minimum absolute atomic E-state index is 0.227. The van der Waals surface area contributed by atoms with Crippen molar-refractivity contribution < 1.29 is 9.18 Å². The molecule has 2 aliphatic rings. The molecule has 0 aliphatic carbocycles. The van der Waals surface area contributed by atoms with Gasteiger partial charge in [0.15, 0.2) is 0 Å². The van der Waals surface area contributed by atoms with Gasteiger partial charge >= 0.3 is 0 Å². The molecule has 4 rings (SSSR count). The first-order valence-electron chi connectivity index (χ1n) is 12.4. The lowest BCUT2D eigenvalue weighted by molar-refractivity contribution is 0.102. The Morgan fingerprint density at radius 3 is 2.15 bits per heavy atom. The van der Waals surface area contributed by atoms with E-state index in [1.807, 2.05) is 24.3 Å². The van der Waals surface area contributed by atoms with Gasteiger partial charge in [0.25, 0.3) is 5.91 Å². The number of hydrogen-bond acceptors (Lipinski definition) is 5. The lowest BCUT2D eigenvalue weighted by Gasteiger charge is -2.38. The van der Waals surface area contributed by atoms with Gasteiger partial charge in [0.05, 0.1) is 5.69 Å². The highest BCUT2D eigenvalue weighted by Gasteiger charge is 2.23. The highest BCUT2D eigenvalue weighted by molar-refractivity contribution is 6.04. The number of nitrogens with one attached hydrogen (secondary N) is 1. The van der Waals surface area contributed by atoms with Gasteiger partial charge in [-0.25, -0.2) is 4.39 Å². The Hall–Kier alpha value is -2.64. The van der Waals surface area contributed by atoms with Crippen LogP contribution in [0.4, 0.5) is 21.5 Å². The van der Waals surface area contributed by atoms with Crippen molar-refractivity contribution in [3.63, 3.8) is 0 Å². The Bertz CT molecular complexity index is 961. The molecule has 1 N–H and O–H groups in total. The van der Waals surface area contributed by atoms with Gasteiger partial charge < -0.3 is 20.0 Å². The van der Waals surface area contributed by atoms with Crippen LogP contribution >= 0.6 is 0 Å². The van der Waals surface area contributed by atoms with Crippen LogP contribution in [0.5, 0.6) is 0 Å². The number of nitrogens with zero attached hydrogens (tertiary/aromatic N) is 4. The van der Waals surface area contributed by atoms with Crippen molar-refractivity contribution in [3.8, 4) is 0 Å². The largest absolute Gasteiger partial charge is 0.369 e. The quantitative estimate of drug-likeness (QED) is 0.692. The van der Waals surface area contributed by atoms with E-state index in [1.54, 1.807) is 12.1 Å². The van der Waals surface area contributed by atoms with E-state index in [4.69, 9.17) is 0 Å². The van der Waals surface area contributed by atoms with Crippen LogP contribution in [0.2, 0.25) is 0 Å². The van der Waals surface area contributed by atoms with Gasteiger partial charge in [-0.3, -0.25) is 9.69 Å². The van der Waals surface area contributed by atoms with Crippen molar-refractivity contribution >= 4 is 23.0 Å². The number of amides is 1. The highest BCUT2D eigenvalue weighted by atomic mass is 19.1. The van der Waals surface area contributed by atoms with Crippen molar-refractivity contribution in [3.05, 3.63) is 53.8 Å². The van der Waals surface area contributed by atoms with Crippen molar-refractivity contribution in [2.75, 3.05) is 68.5 Å². The van der Waals surface area contributed by atoms with E-state index in [0.717, 1.165) is 57.8 Å². The molecule has 2 fully saturated rings. The van der Waals surface area contributed by atoms with E-state index in [2.05, 4.69) is 52.9 Å². The minimum atomic E-state index is -0.294. The van der Waals surface area contributed by atoms with Gasteiger partial charge in [-0.2, -0.15) is 0 Å². The summed E-state index contributed by atoms with van der Waals surface area (Å²) in [6, 6.07) is 13.8. The Kier molecular flexibility index (Phi) is 7.73. The highest BCUT2D eigenvalue weighted by Crippen LogP contribution is 2.27. The van der Waals surface area contributed by atoms with E-state index in [9.17, 15) is 9.18 Å². The van der Waals surface area contributed by atoms with Crippen LogP contribution in [-0.2, 0) is 0 Å². The monoisotopic (exact) mass is 467 g/mol. The third-order valence-electron chi connectivity index (χ3n) is 7.28. The maximum atomic E-state index is 14.9. The molecule has 0 atom stereocenters. The topological polar surface area (TPSA) is 42.1 Å². The first-order chi connectivity index (χ1) is 16.3. The molecule has 0 spiro atoms. The lowest BCUT2D eigenvalue weighted by atomic mass is 10.0. The number of halogens is 1. The van der Waals surface area contributed by atoms with Crippen molar-refractivity contribution in [1.29, 1.82) is 0 Å². The maximum absolute atomic E-state index is 14.9. The second-order valence-corrected chi connectivity index (χ2v) is 9.97. The normalized spacial score (nSPS) is 18.1. The second-order valence-electron chi connectivity index (χ2n) is 9.97. The third-order valence-corrected chi connectivity index (χ3v) is 7.28. The summed E-state index contributed by atoms with van der Waals surface area (Å²) >= 11 is 0. The van der Waals surface area contributed by atoms with Crippen LogP contribution < -0.4 is 15.1 Å². The Morgan fingerprint density at radius 1 is 0.941 bits per heavy atom. The summed E-state index contributed by atoms with van der Waals surface area (Å²) in [5.74, 6) is -0.521. The average Bonchev–Trinajstić information content (AvgIpc) is 2.84. The third kappa shape index (κ3) is 5.70. The number of rotatable bonds is 6. The zero-order chi connectivity index (χ0) is 24.2. The van der Waals surface area contributed by atoms with E-state index < -0.39 is 0 Å². The molecule has 0 aromatic heterocycles. The summed E-state index contributed by atoms with van der Waals surface area (Å²) in [6.45, 7) is 10.2. The van der Waals surface area contributed by atoms with E-state index in [0.29, 0.717) is 29.0 Å². The Labute approximate surface area is 203 Å². The summed E-state index contributed by atoms with van der Waals surface area (Å²) in [5, 5.41) is 2.84. The molecular weight excluding hydrogens is 429 g/mol. The van der Waals surface area contributed by atoms with Gasteiger partial charge in [-0.15, -0.1) is 0 Å². The Morgan fingerprint density at radius 2 is 1.59 bits per heavy atom. The summed E-state index contributed by atoms with van der Waals surface area (Å²) in [6.07, 6.45) is 2.04. The standard InChI is InChI=1S/C27H38FN5O/c1-20(2)31-15-17-32(18-16-31)24-8-5-21(6-9-24)27(34)29-22-7-10-26(25(28)19-22)33-13-11-23(12-14-33)30(3)4/h5-10,19-20,23H,11-18H2,1-4H3,(H,29,34). The number of carbonyl (C=O) groups excluding carboxylic acids is 1. The number of carbonyl (C=O) groups is 1. The molecular formula is C27H38FN5O. The number of hydrogen-bond donors (Lipinski definition) is 1. The molecule has 1 amide bonds. The number of anilines is 3. The van der Waals surface area contributed by atoms with Gasteiger partial charge in [-0.05, 0) is 83.2 Å². The van der Waals surface area contributed by atoms with Gasteiger partial charge in [0.1, 0.15) is 5.82 Å². The fraction of sp³-hybridized carbons (Fsp3) is 0.519. The fourth-order valence-corrected chi connectivity index (χ4v) is 4.99. The number of piperidine rings is 1. The van der Waals surface area contributed by atoms with Gasteiger partial charge in [0.2, 0.25) is 0 Å². The van der Waals surface area contributed by atoms with Crippen molar-refractivity contribution in [2.24, 2.45) is 0 Å². The number of piperazine rings is 1. The molecule has 0 unspecified atom stereocenters. The molecule has 0 saturated carbocycles. The SMILES string of the molecule is CC(C)N1CCN(c2ccc(C(=O)Nc3ccc(N4CCC(N(C)C)CC4)c(F)c3)cc2)CC1. The van der Waals surface area contributed by atoms with Crippen LogP contribution in [0.15, 0.2) is 42.5 Å². The molecule has 34 heavy (non-hydrogen) atoms. The van der Waals surface area contributed by atoms with Crippen molar-refractivity contribution in [2.45, 2.75) is 38.8 Å². The van der Waals surface area contributed by atoms with Crippen LogP contribution in [0.3, 0.4) is 0 Å². The molecule has 2 saturated heterocycles. The van der Waals surface area contributed by atoms with Crippen LogP contribution in [0.1, 0.15) is 37.0 Å². The van der Waals surface area contributed by atoms with Crippen LogP contribution in [0, 0.1) is 5.82 Å². The summed E-state index contributed by atoms with van der Waals surface area (Å²) < 4.78 is 14.9. The predicted molar refractivity (Wildman–Crippen MR) is 139 cm³/mol. The molecule has 184 valence electrons. The Balaban J connectivity index is 1.33. The summed E-state index contributed by atoms with van der Waals surface area (Å²) in [7, 11) is 4.19. The van der Waals surface area contributed by atoms with Crippen LogP contribution in [0.25, 0.3) is 0 Å². The predicted octanol–water partition coefficient (Wildman–Crippen LogP) is 4.14. The molecule has 0 radical (unpaired) electrons. The molecule has 2 aromatic carbocycles. The van der Waals surface area contributed by atoms with Crippen LogP contribution in [-0.4, -0.2) is 81.2 Å². The molecule has 2 heterocycles. The zero-order valence-corrected chi connectivity index (χ0v) is 20.9. The van der Waals surface area contributed by atoms with Gasteiger partial charge in [-0.1, -0.05) is 0 Å². The summed E-state index contributed by atoms with van der Waals surface area (Å²) in [4.78, 5) is 21.9. The molecule has 7 heteroatoms. The van der Waals surface area contributed by atoms with Gasteiger partial charge in [0, 0.05) is 68.3 Å². The maximum Gasteiger partial charge on any atom is 0.255 e. The van der Waals surface area contributed by atoms with E-state index in [1.165, 1.54) is 6.07 Å². The molecule has 2 aliphatic heterocycles. The second kappa shape index (κ2) is 10.7. The average molecular weight is 468 g/mol. The van der Waals surface area contributed by atoms with E-state index >= 15 is 0 Å². The number of benzene rings is 2. The zero-order valence-electron chi connectivity index (χ0n) is 20.9. The molecule has 0 bridgehead atoms. The van der Waals surface area contributed by atoms with Crippen molar-refractivity contribution in [1.82, 2.24) is 9.80 Å². The smallest absolute Gasteiger partial charge is 0.255 e.